The third kappa shape index (κ3) is 3.67. The third-order valence-corrected chi connectivity index (χ3v) is 6.70. The second kappa shape index (κ2) is 8.16. The number of likely N-dealkylation sites (tertiary alicyclic amines) is 1. The lowest BCUT2D eigenvalue weighted by molar-refractivity contribution is -0.134. The van der Waals surface area contributed by atoms with Crippen molar-refractivity contribution >= 4 is 23.3 Å². The maximum absolute atomic E-state index is 13.9. The van der Waals surface area contributed by atoms with Gasteiger partial charge in [0.1, 0.15) is 5.84 Å². The summed E-state index contributed by atoms with van der Waals surface area (Å²) in [6, 6.07) is 15.5. The summed E-state index contributed by atoms with van der Waals surface area (Å²) < 4.78 is 0. The van der Waals surface area contributed by atoms with Gasteiger partial charge in [-0.1, -0.05) is 61.8 Å². The molecule has 1 amide bonds. The van der Waals surface area contributed by atoms with Crippen LogP contribution in [0.1, 0.15) is 45.1 Å². The molecule has 0 aromatic heterocycles. The summed E-state index contributed by atoms with van der Waals surface area (Å²) in [5, 5.41) is 19.3. The van der Waals surface area contributed by atoms with Crippen molar-refractivity contribution in [3.8, 4) is 11.1 Å². The zero-order chi connectivity index (χ0) is 21.5. The Morgan fingerprint density at radius 1 is 1.17 bits per heavy atom. The van der Waals surface area contributed by atoms with Crippen LogP contribution in [0.15, 0.2) is 48.5 Å². The Kier molecular flexibility index (Phi) is 5.73. The Balaban J connectivity index is 1.75. The fourth-order valence-electron chi connectivity index (χ4n) is 4.95. The van der Waals surface area contributed by atoms with Crippen molar-refractivity contribution in [3.63, 3.8) is 0 Å². The molecule has 2 N–H and O–H groups in total. The van der Waals surface area contributed by atoms with Crippen molar-refractivity contribution in [2.75, 3.05) is 6.61 Å². The molecule has 0 spiro atoms. The third-order valence-electron chi connectivity index (χ3n) is 6.47. The van der Waals surface area contributed by atoms with E-state index in [-0.39, 0.29) is 24.5 Å². The van der Waals surface area contributed by atoms with Crippen LogP contribution in [0.3, 0.4) is 0 Å². The van der Waals surface area contributed by atoms with E-state index in [1.165, 1.54) is 0 Å². The molecule has 1 aliphatic carbocycles. The minimum absolute atomic E-state index is 0.0158. The molecule has 30 heavy (non-hydrogen) atoms. The van der Waals surface area contributed by atoms with Crippen LogP contribution in [0.25, 0.3) is 11.1 Å². The number of hydrogen-bond donors (Lipinski definition) is 2. The molecule has 1 saturated heterocycles. The van der Waals surface area contributed by atoms with Crippen molar-refractivity contribution in [2.45, 2.75) is 51.0 Å². The van der Waals surface area contributed by atoms with E-state index in [0.717, 1.165) is 29.5 Å². The van der Waals surface area contributed by atoms with Gasteiger partial charge in [0.05, 0.1) is 18.1 Å². The highest BCUT2D eigenvalue weighted by atomic mass is 35.5. The first-order valence-corrected chi connectivity index (χ1v) is 11.1. The first-order chi connectivity index (χ1) is 14.4. The summed E-state index contributed by atoms with van der Waals surface area (Å²) in [5.74, 6) is 0.908. The molecule has 1 saturated carbocycles. The number of carbonyl (C=O) groups is 1. The normalized spacial score (nSPS) is 22.8. The molecule has 5 heteroatoms. The van der Waals surface area contributed by atoms with Gasteiger partial charge in [0.15, 0.2) is 0 Å². The Morgan fingerprint density at radius 2 is 1.83 bits per heavy atom. The van der Waals surface area contributed by atoms with E-state index >= 15 is 0 Å². The van der Waals surface area contributed by atoms with Gasteiger partial charge in [-0.05, 0) is 59.9 Å². The van der Waals surface area contributed by atoms with Crippen LogP contribution in [0, 0.1) is 17.2 Å². The lowest BCUT2D eigenvalue weighted by Crippen LogP contribution is -2.47. The van der Waals surface area contributed by atoms with E-state index in [0.29, 0.717) is 29.6 Å². The number of amides is 1. The molecular formula is C25H29ClN2O2. The van der Waals surface area contributed by atoms with Gasteiger partial charge in [-0.3, -0.25) is 15.1 Å². The van der Waals surface area contributed by atoms with Crippen LogP contribution < -0.4 is 0 Å². The first kappa shape index (κ1) is 21.1. The van der Waals surface area contributed by atoms with Gasteiger partial charge in [0.25, 0.3) is 0 Å². The molecule has 4 rings (SSSR count). The van der Waals surface area contributed by atoms with Crippen molar-refractivity contribution in [1.29, 1.82) is 5.41 Å². The maximum Gasteiger partial charge on any atom is 0.239 e. The zero-order valence-electron chi connectivity index (χ0n) is 17.6. The number of nitrogens with one attached hydrogen (secondary N) is 1. The number of hydrogen-bond acceptors (Lipinski definition) is 3. The summed E-state index contributed by atoms with van der Waals surface area (Å²) in [5.41, 5.74) is 2.31. The van der Waals surface area contributed by atoms with Crippen LogP contribution in [0.5, 0.6) is 0 Å². The predicted molar refractivity (Wildman–Crippen MR) is 121 cm³/mol. The first-order valence-electron chi connectivity index (χ1n) is 10.7. The monoisotopic (exact) mass is 424 g/mol. The topological polar surface area (TPSA) is 64.4 Å². The number of rotatable bonds is 7. The summed E-state index contributed by atoms with van der Waals surface area (Å²) in [6.07, 6.45) is 3.10. The van der Waals surface area contributed by atoms with Gasteiger partial charge in [0, 0.05) is 11.4 Å². The molecule has 1 aliphatic heterocycles. The highest BCUT2D eigenvalue weighted by molar-refractivity contribution is 6.30. The van der Waals surface area contributed by atoms with Crippen LogP contribution in [0.2, 0.25) is 5.02 Å². The summed E-state index contributed by atoms with van der Waals surface area (Å²) in [7, 11) is 0. The molecule has 2 fully saturated rings. The molecule has 0 radical (unpaired) electrons. The second-order valence-corrected chi connectivity index (χ2v) is 9.54. The van der Waals surface area contributed by atoms with Gasteiger partial charge in [-0.15, -0.1) is 0 Å². The molecule has 0 bridgehead atoms. The van der Waals surface area contributed by atoms with E-state index in [2.05, 4.69) is 19.9 Å². The van der Waals surface area contributed by atoms with E-state index in [9.17, 15) is 9.90 Å². The van der Waals surface area contributed by atoms with Crippen molar-refractivity contribution in [2.24, 2.45) is 11.8 Å². The molecule has 2 unspecified atom stereocenters. The second-order valence-electron chi connectivity index (χ2n) is 9.10. The zero-order valence-corrected chi connectivity index (χ0v) is 18.3. The van der Waals surface area contributed by atoms with Crippen LogP contribution in [0.4, 0.5) is 0 Å². The smallest absolute Gasteiger partial charge is 0.239 e. The lowest BCUT2D eigenvalue weighted by Gasteiger charge is -2.32. The Hall–Kier alpha value is -2.17. The average Bonchev–Trinajstić information content (AvgIpc) is 3.53. The largest absolute Gasteiger partial charge is 0.394 e. The molecule has 2 aromatic rings. The van der Waals surface area contributed by atoms with E-state index < -0.39 is 5.41 Å². The molecule has 2 atom stereocenters. The van der Waals surface area contributed by atoms with Gasteiger partial charge in [-0.25, -0.2) is 0 Å². The number of nitrogens with zero attached hydrogens (tertiary/aromatic N) is 1. The number of aliphatic hydroxyl groups is 1. The fraction of sp³-hybridized carbons (Fsp3) is 0.440. The number of amidine groups is 1. The van der Waals surface area contributed by atoms with Crippen molar-refractivity contribution in [3.05, 3.63) is 59.1 Å². The SMILES string of the molecule is CC(C)CC(CO)N1C(=N)CC(c2cccc(-c3cccc(Cl)c3)c2)(C2CC2)C1=O. The Morgan fingerprint density at radius 3 is 2.43 bits per heavy atom. The van der Waals surface area contributed by atoms with E-state index in [1.807, 2.05) is 42.5 Å². The molecule has 2 aliphatic rings. The van der Waals surface area contributed by atoms with Crippen LogP contribution in [-0.2, 0) is 10.2 Å². The van der Waals surface area contributed by atoms with Gasteiger partial charge >= 0.3 is 0 Å². The van der Waals surface area contributed by atoms with Gasteiger partial charge in [-0.2, -0.15) is 0 Å². The minimum atomic E-state index is -0.698. The highest BCUT2D eigenvalue weighted by Crippen LogP contribution is 2.54. The Bertz CT molecular complexity index is 969. The number of halogens is 1. The van der Waals surface area contributed by atoms with E-state index in [4.69, 9.17) is 17.0 Å². The summed E-state index contributed by atoms with van der Waals surface area (Å²) in [6.45, 7) is 4.04. The molecule has 2 aromatic carbocycles. The quantitative estimate of drug-likeness (QED) is 0.635. The Labute approximate surface area is 183 Å². The number of aliphatic hydroxyl groups excluding tert-OH is 1. The van der Waals surface area contributed by atoms with E-state index in [1.54, 1.807) is 4.90 Å². The van der Waals surface area contributed by atoms with Crippen molar-refractivity contribution < 1.29 is 9.90 Å². The van der Waals surface area contributed by atoms with Gasteiger partial charge < -0.3 is 5.11 Å². The van der Waals surface area contributed by atoms with Crippen molar-refractivity contribution in [1.82, 2.24) is 4.90 Å². The maximum atomic E-state index is 13.9. The van der Waals surface area contributed by atoms with Crippen LogP contribution in [-0.4, -0.2) is 34.4 Å². The lowest BCUT2D eigenvalue weighted by atomic mass is 9.73. The summed E-state index contributed by atoms with van der Waals surface area (Å²) >= 11 is 6.19. The summed E-state index contributed by atoms with van der Waals surface area (Å²) in [4.78, 5) is 15.4. The minimum Gasteiger partial charge on any atom is -0.394 e. The van der Waals surface area contributed by atoms with Crippen LogP contribution >= 0.6 is 11.6 Å². The molecule has 1 heterocycles. The number of benzene rings is 2. The predicted octanol–water partition coefficient (Wildman–Crippen LogP) is 5.27. The number of carbonyl (C=O) groups excluding carboxylic acids is 1. The van der Waals surface area contributed by atoms with Gasteiger partial charge in [0.2, 0.25) is 5.91 Å². The average molecular weight is 425 g/mol. The molecule has 158 valence electrons. The highest BCUT2D eigenvalue weighted by Gasteiger charge is 2.59. The molecular weight excluding hydrogens is 396 g/mol. The molecule has 4 nitrogen and oxygen atoms in total. The fourth-order valence-corrected chi connectivity index (χ4v) is 5.15. The standard InChI is InChI=1S/C25H29ClN2O2/c1-16(2)11-22(15-29)28-23(27)14-25(24(28)30,19-9-10-19)20-7-3-5-17(12-20)18-6-4-8-21(26)13-18/h3-8,12-13,16,19,22,27,29H,9-11,14-15H2,1-2H3.